The zero-order valence-electron chi connectivity index (χ0n) is 14.5. The number of nitrogens with one attached hydrogen (secondary N) is 1. The highest BCUT2D eigenvalue weighted by molar-refractivity contribution is 6.31. The van der Waals surface area contributed by atoms with Gasteiger partial charge in [-0.05, 0) is 61.9 Å². The van der Waals surface area contributed by atoms with Crippen molar-refractivity contribution < 1.29 is 22.7 Å². The topological polar surface area (TPSA) is 43.3 Å². The molecule has 4 nitrogen and oxygen atoms in total. The van der Waals surface area contributed by atoms with Crippen LogP contribution >= 0.6 is 11.6 Å². The zero-order chi connectivity index (χ0) is 19.8. The predicted octanol–water partition coefficient (Wildman–Crippen LogP) is 5.77. The van der Waals surface area contributed by atoms with Crippen LogP contribution in [0, 0.1) is 6.92 Å². The van der Waals surface area contributed by atoms with Crippen molar-refractivity contribution in [3.63, 3.8) is 0 Å². The molecule has 0 spiro atoms. The molecule has 3 aromatic rings. The first-order valence-electron chi connectivity index (χ1n) is 8.15. The van der Waals surface area contributed by atoms with E-state index in [1.807, 2.05) is 24.5 Å². The molecule has 0 aliphatic heterocycles. The van der Waals surface area contributed by atoms with Gasteiger partial charge in [-0.3, -0.25) is 4.79 Å². The summed E-state index contributed by atoms with van der Waals surface area (Å²) in [5, 5.41) is 4.16. The van der Waals surface area contributed by atoms with Crippen molar-refractivity contribution in [3.05, 3.63) is 58.7 Å². The van der Waals surface area contributed by atoms with E-state index in [9.17, 15) is 18.0 Å². The normalized spacial score (nSPS) is 11.6. The molecule has 0 saturated carbocycles. The molecule has 0 saturated heterocycles. The van der Waals surface area contributed by atoms with Gasteiger partial charge in [0.2, 0.25) is 0 Å². The Labute approximate surface area is 158 Å². The van der Waals surface area contributed by atoms with Gasteiger partial charge in [-0.1, -0.05) is 11.6 Å². The number of ether oxygens (including phenoxy) is 1. The summed E-state index contributed by atoms with van der Waals surface area (Å²) in [6.45, 7) is 4.33. The number of hydrogen-bond donors (Lipinski definition) is 1. The van der Waals surface area contributed by atoms with E-state index in [2.05, 4.69) is 10.1 Å². The minimum absolute atomic E-state index is 0.353. The highest BCUT2D eigenvalue weighted by atomic mass is 35.5. The van der Waals surface area contributed by atoms with Crippen molar-refractivity contribution in [1.29, 1.82) is 0 Å². The molecule has 1 aromatic heterocycles. The second kappa shape index (κ2) is 7.15. The summed E-state index contributed by atoms with van der Waals surface area (Å²) < 4.78 is 42.4. The fraction of sp³-hybridized carbons (Fsp3) is 0.211. The quantitative estimate of drug-likeness (QED) is 0.608. The average molecular weight is 397 g/mol. The Morgan fingerprint density at radius 1 is 1.19 bits per heavy atom. The minimum Gasteiger partial charge on any atom is -0.406 e. The number of amides is 1. The summed E-state index contributed by atoms with van der Waals surface area (Å²) in [6.07, 6.45) is -4.76. The molecule has 0 fully saturated rings. The first-order valence-corrected chi connectivity index (χ1v) is 8.53. The molecule has 3 rings (SSSR count). The van der Waals surface area contributed by atoms with E-state index in [0.29, 0.717) is 22.9 Å². The smallest absolute Gasteiger partial charge is 0.406 e. The molecule has 2 aromatic carbocycles. The monoisotopic (exact) mass is 396 g/mol. The highest BCUT2D eigenvalue weighted by Crippen LogP contribution is 2.29. The van der Waals surface area contributed by atoms with E-state index in [0.717, 1.165) is 28.6 Å². The largest absolute Gasteiger partial charge is 0.573 e. The molecular formula is C19H16ClF3N2O2. The molecule has 1 N–H and O–H groups in total. The number of carbonyl (C=O) groups excluding carboxylic acids is 1. The lowest BCUT2D eigenvalue weighted by atomic mass is 10.1. The van der Waals surface area contributed by atoms with Crippen molar-refractivity contribution >= 4 is 34.1 Å². The van der Waals surface area contributed by atoms with Gasteiger partial charge in [0.05, 0.1) is 0 Å². The summed E-state index contributed by atoms with van der Waals surface area (Å²) >= 11 is 6.06. The molecule has 27 heavy (non-hydrogen) atoms. The number of aryl methyl sites for hydroxylation is 2. The first kappa shape index (κ1) is 19.1. The van der Waals surface area contributed by atoms with Crippen molar-refractivity contribution in [2.45, 2.75) is 26.8 Å². The number of anilines is 1. The number of fused-ring (bicyclic) bond motifs is 1. The van der Waals surface area contributed by atoms with Gasteiger partial charge < -0.3 is 14.6 Å². The molecule has 0 atom stereocenters. The Balaban J connectivity index is 1.89. The van der Waals surface area contributed by atoms with Crippen molar-refractivity contribution in [3.8, 4) is 5.75 Å². The van der Waals surface area contributed by atoms with E-state index in [4.69, 9.17) is 11.6 Å². The van der Waals surface area contributed by atoms with Gasteiger partial charge in [-0.15, -0.1) is 13.2 Å². The lowest BCUT2D eigenvalue weighted by Crippen LogP contribution is -2.18. The maximum atomic E-state index is 12.8. The van der Waals surface area contributed by atoms with Gasteiger partial charge in [-0.25, -0.2) is 0 Å². The van der Waals surface area contributed by atoms with Gasteiger partial charge in [-0.2, -0.15) is 0 Å². The van der Waals surface area contributed by atoms with Crippen LogP contribution < -0.4 is 10.1 Å². The fourth-order valence-corrected chi connectivity index (χ4v) is 3.22. The minimum atomic E-state index is -4.76. The van der Waals surface area contributed by atoms with Gasteiger partial charge in [0.15, 0.2) is 0 Å². The number of benzene rings is 2. The molecule has 0 bridgehead atoms. The average Bonchev–Trinajstić information content (AvgIpc) is 2.87. The van der Waals surface area contributed by atoms with Crippen LogP contribution in [0.25, 0.3) is 10.9 Å². The van der Waals surface area contributed by atoms with Gasteiger partial charge >= 0.3 is 6.36 Å². The second-order valence-electron chi connectivity index (χ2n) is 5.91. The standard InChI is InChI=1S/C19H16ClF3N2O2/c1-3-25-16-9-4-12(20)10-15(16)11(2)17(25)18(26)24-13-5-7-14(8-6-13)27-19(21,22)23/h4-10H,3H2,1-2H3,(H,24,26). The third-order valence-electron chi connectivity index (χ3n) is 4.16. The van der Waals surface area contributed by atoms with Crippen LogP contribution in [0.2, 0.25) is 5.02 Å². The lowest BCUT2D eigenvalue weighted by molar-refractivity contribution is -0.274. The number of rotatable bonds is 4. The van der Waals surface area contributed by atoms with Crippen molar-refractivity contribution in [2.24, 2.45) is 0 Å². The number of alkyl halides is 3. The lowest BCUT2D eigenvalue weighted by Gasteiger charge is -2.11. The Morgan fingerprint density at radius 3 is 2.44 bits per heavy atom. The van der Waals surface area contributed by atoms with Crippen LogP contribution in [0.3, 0.4) is 0 Å². The summed E-state index contributed by atoms with van der Waals surface area (Å²) in [7, 11) is 0. The predicted molar refractivity (Wildman–Crippen MR) is 98.4 cm³/mol. The maximum absolute atomic E-state index is 12.8. The Hall–Kier alpha value is -2.67. The molecule has 1 amide bonds. The second-order valence-corrected chi connectivity index (χ2v) is 6.34. The molecule has 0 aliphatic rings. The highest BCUT2D eigenvalue weighted by Gasteiger charge is 2.31. The van der Waals surface area contributed by atoms with E-state index < -0.39 is 6.36 Å². The number of aromatic nitrogens is 1. The molecule has 0 unspecified atom stereocenters. The number of carbonyl (C=O) groups is 1. The van der Waals surface area contributed by atoms with E-state index in [1.54, 1.807) is 12.1 Å². The van der Waals surface area contributed by atoms with Crippen LogP contribution in [0.1, 0.15) is 23.0 Å². The number of halogens is 4. The maximum Gasteiger partial charge on any atom is 0.573 e. The third-order valence-corrected chi connectivity index (χ3v) is 4.39. The summed E-state index contributed by atoms with van der Waals surface area (Å²) in [6, 6.07) is 10.4. The Kier molecular flexibility index (Phi) is 5.06. The van der Waals surface area contributed by atoms with Gasteiger partial charge in [0.1, 0.15) is 11.4 Å². The van der Waals surface area contributed by atoms with Crippen molar-refractivity contribution in [1.82, 2.24) is 4.57 Å². The SMILES string of the molecule is CCn1c(C(=O)Nc2ccc(OC(F)(F)F)cc2)c(C)c2cc(Cl)ccc21. The molecular weight excluding hydrogens is 381 g/mol. The zero-order valence-corrected chi connectivity index (χ0v) is 15.3. The van der Waals surface area contributed by atoms with Crippen molar-refractivity contribution in [2.75, 3.05) is 5.32 Å². The summed E-state index contributed by atoms with van der Waals surface area (Å²) in [5.74, 6) is -0.708. The van der Waals surface area contributed by atoms with E-state index >= 15 is 0 Å². The van der Waals surface area contributed by atoms with Crippen LogP contribution in [0.15, 0.2) is 42.5 Å². The molecule has 0 aliphatic carbocycles. The molecule has 142 valence electrons. The summed E-state index contributed by atoms with van der Waals surface area (Å²) in [5.41, 5.74) is 2.51. The number of nitrogens with zero attached hydrogens (tertiary/aromatic N) is 1. The molecule has 8 heteroatoms. The van der Waals surface area contributed by atoms with E-state index in [1.165, 1.54) is 12.1 Å². The first-order chi connectivity index (χ1) is 12.7. The molecule has 0 radical (unpaired) electrons. The summed E-state index contributed by atoms with van der Waals surface area (Å²) in [4.78, 5) is 12.8. The Morgan fingerprint density at radius 2 is 1.85 bits per heavy atom. The third kappa shape index (κ3) is 4.03. The van der Waals surface area contributed by atoms with Crippen LogP contribution in [0.4, 0.5) is 18.9 Å². The van der Waals surface area contributed by atoms with Gasteiger partial charge in [0, 0.05) is 28.2 Å². The van der Waals surface area contributed by atoms with E-state index in [-0.39, 0.29) is 11.7 Å². The van der Waals surface area contributed by atoms with Crippen LogP contribution in [-0.2, 0) is 6.54 Å². The Bertz CT molecular complexity index is 995. The fourth-order valence-electron chi connectivity index (χ4n) is 3.05. The van der Waals surface area contributed by atoms with Crippen LogP contribution in [-0.4, -0.2) is 16.8 Å². The number of hydrogen-bond acceptors (Lipinski definition) is 2. The van der Waals surface area contributed by atoms with Gasteiger partial charge in [0.25, 0.3) is 5.91 Å². The van der Waals surface area contributed by atoms with Crippen LogP contribution in [0.5, 0.6) is 5.75 Å². The molecule has 1 heterocycles.